The van der Waals surface area contributed by atoms with Crippen LogP contribution in [-0.4, -0.2) is 45.9 Å². The lowest BCUT2D eigenvalue weighted by molar-refractivity contribution is 0.0280. The molecule has 0 spiro atoms. The summed E-state index contributed by atoms with van der Waals surface area (Å²) in [7, 11) is 0. The maximum absolute atomic E-state index is 12.3. The van der Waals surface area contributed by atoms with Gasteiger partial charge in [-0.2, -0.15) is 0 Å². The highest BCUT2D eigenvalue weighted by atomic mass is 35.5. The predicted octanol–water partition coefficient (Wildman–Crippen LogP) is 4.40. The fourth-order valence-corrected chi connectivity index (χ4v) is 5.09. The monoisotopic (exact) mass is 394 g/mol. The van der Waals surface area contributed by atoms with Crippen LogP contribution in [0.1, 0.15) is 33.6 Å². The minimum Gasteiger partial charge on any atom is -0.444 e. The fraction of sp³-hybridized carbons (Fsp3) is 0.611. The zero-order chi connectivity index (χ0) is 18.5. The number of rotatable bonds is 2. The lowest BCUT2D eigenvalue weighted by atomic mass is 10.0. The van der Waals surface area contributed by atoms with E-state index in [1.165, 1.54) is 0 Å². The first-order chi connectivity index (χ1) is 12.3. The number of carbonyl (C=O) groups is 1. The van der Waals surface area contributed by atoms with Crippen molar-refractivity contribution in [1.82, 2.24) is 15.1 Å². The lowest BCUT2D eigenvalue weighted by Gasteiger charge is -2.25. The molecule has 0 aromatic carbocycles. The van der Waals surface area contributed by atoms with Crippen molar-refractivity contribution in [3.63, 3.8) is 0 Å². The van der Waals surface area contributed by atoms with Crippen LogP contribution in [0.25, 0.3) is 10.1 Å². The largest absolute Gasteiger partial charge is 0.444 e. The first kappa shape index (κ1) is 17.8. The van der Waals surface area contributed by atoms with Crippen LogP contribution < -0.4 is 5.32 Å². The second-order valence-electron chi connectivity index (χ2n) is 8.22. The van der Waals surface area contributed by atoms with Gasteiger partial charge in [-0.25, -0.2) is 4.79 Å². The Hall–Kier alpha value is -1.60. The third-order valence-electron chi connectivity index (χ3n) is 5.09. The summed E-state index contributed by atoms with van der Waals surface area (Å²) in [5.41, 5.74) is -0.446. The summed E-state index contributed by atoms with van der Waals surface area (Å²) in [5.74, 6) is 1.83. The fourth-order valence-electron chi connectivity index (χ4n) is 4.04. The highest BCUT2D eigenvalue weighted by Crippen LogP contribution is 2.40. The highest BCUT2D eigenvalue weighted by Gasteiger charge is 2.43. The first-order valence-electron chi connectivity index (χ1n) is 8.94. The number of anilines is 1. The summed E-state index contributed by atoms with van der Waals surface area (Å²) in [4.78, 5) is 14.1. The van der Waals surface area contributed by atoms with Crippen LogP contribution in [0.2, 0.25) is 5.15 Å². The third-order valence-corrected chi connectivity index (χ3v) is 6.39. The van der Waals surface area contributed by atoms with E-state index in [0.717, 1.165) is 41.8 Å². The van der Waals surface area contributed by atoms with Crippen LogP contribution in [0.3, 0.4) is 0 Å². The molecule has 1 aliphatic carbocycles. The highest BCUT2D eigenvalue weighted by molar-refractivity contribution is 7.17. The summed E-state index contributed by atoms with van der Waals surface area (Å²) in [6, 6.07) is 2.38. The molecule has 3 atom stereocenters. The molecule has 26 heavy (non-hydrogen) atoms. The molecule has 2 aliphatic rings. The first-order valence-corrected chi connectivity index (χ1v) is 10.2. The Balaban J connectivity index is 1.38. The number of nitrogens with one attached hydrogen (secondary N) is 1. The van der Waals surface area contributed by atoms with Gasteiger partial charge in [0.25, 0.3) is 0 Å². The van der Waals surface area contributed by atoms with Crippen molar-refractivity contribution < 1.29 is 9.53 Å². The summed E-state index contributed by atoms with van der Waals surface area (Å²) in [6.45, 7) is 7.26. The molecule has 3 heterocycles. The summed E-state index contributed by atoms with van der Waals surface area (Å²) in [6.07, 6.45) is 1.86. The zero-order valence-electron chi connectivity index (χ0n) is 15.2. The number of hydrogen-bond acceptors (Lipinski definition) is 6. The van der Waals surface area contributed by atoms with Crippen LogP contribution in [0.15, 0.2) is 11.4 Å². The van der Waals surface area contributed by atoms with Crippen molar-refractivity contribution in [2.45, 2.75) is 45.3 Å². The molecule has 6 nitrogen and oxygen atoms in total. The normalized spacial score (nSPS) is 25.5. The van der Waals surface area contributed by atoms with Crippen molar-refractivity contribution in [1.29, 1.82) is 0 Å². The van der Waals surface area contributed by atoms with Crippen LogP contribution in [-0.2, 0) is 4.74 Å². The smallest absolute Gasteiger partial charge is 0.410 e. The molecule has 4 rings (SSSR count). The second kappa shape index (κ2) is 6.53. The van der Waals surface area contributed by atoms with Gasteiger partial charge in [0.2, 0.25) is 0 Å². The Kier molecular flexibility index (Phi) is 4.47. The molecule has 2 fully saturated rings. The second-order valence-corrected chi connectivity index (χ2v) is 9.50. The van der Waals surface area contributed by atoms with E-state index in [4.69, 9.17) is 16.3 Å². The van der Waals surface area contributed by atoms with Gasteiger partial charge in [0.1, 0.15) is 5.60 Å². The molecule has 2 aromatic heterocycles. The van der Waals surface area contributed by atoms with Crippen LogP contribution in [0.4, 0.5) is 10.6 Å². The molecular formula is C18H23ClN4O2S. The number of thiophene rings is 1. The Morgan fingerprint density at radius 3 is 2.65 bits per heavy atom. The summed E-state index contributed by atoms with van der Waals surface area (Å²) < 4.78 is 6.47. The van der Waals surface area contributed by atoms with E-state index in [-0.39, 0.29) is 6.09 Å². The maximum Gasteiger partial charge on any atom is 0.410 e. The summed E-state index contributed by atoms with van der Waals surface area (Å²) in [5, 5.41) is 15.3. The van der Waals surface area contributed by atoms with E-state index >= 15 is 0 Å². The van der Waals surface area contributed by atoms with E-state index in [2.05, 4.69) is 15.5 Å². The number of aromatic nitrogens is 2. The minimum atomic E-state index is -0.446. The number of ether oxygens (including phenoxy) is 1. The Morgan fingerprint density at radius 2 is 2.00 bits per heavy atom. The minimum absolute atomic E-state index is 0.194. The van der Waals surface area contributed by atoms with Gasteiger partial charge in [0.05, 0.1) is 4.70 Å². The number of hydrogen-bond donors (Lipinski definition) is 1. The Morgan fingerprint density at radius 1 is 1.31 bits per heavy atom. The van der Waals surface area contributed by atoms with Crippen molar-refractivity contribution >= 4 is 44.9 Å². The van der Waals surface area contributed by atoms with Crippen molar-refractivity contribution in [3.8, 4) is 0 Å². The lowest BCUT2D eigenvalue weighted by Crippen LogP contribution is -2.36. The molecule has 0 radical (unpaired) electrons. The molecule has 2 aromatic rings. The van der Waals surface area contributed by atoms with Gasteiger partial charge in [-0.05, 0) is 56.9 Å². The number of fused-ring (bicyclic) bond motifs is 2. The van der Waals surface area contributed by atoms with Crippen LogP contribution in [0, 0.1) is 11.8 Å². The van der Waals surface area contributed by atoms with Crippen molar-refractivity contribution in [2.24, 2.45) is 11.8 Å². The third kappa shape index (κ3) is 3.47. The van der Waals surface area contributed by atoms with Crippen molar-refractivity contribution in [2.75, 3.05) is 18.4 Å². The van der Waals surface area contributed by atoms with Gasteiger partial charge in [-0.3, -0.25) is 0 Å². The average molecular weight is 395 g/mol. The molecule has 0 bridgehead atoms. The Labute approximate surface area is 161 Å². The van der Waals surface area contributed by atoms with E-state index < -0.39 is 5.60 Å². The number of carbonyl (C=O) groups excluding carboxylic acids is 1. The van der Waals surface area contributed by atoms with E-state index in [0.29, 0.717) is 23.0 Å². The van der Waals surface area contributed by atoms with Crippen molar-refractivity contribution in [3.05, 3.63) is 16.6 Å². The molecule has 1 aliphatic heterocycles. The number of likely N-dealkylation sites (tertiary alicyclic amines) is 1. The Bertz CT molecular complexity index is 820. The number of amides is 1. The molecule has 1 N–H and O–H groups in total. The van der Waals surface area contributed by atoms with Gasteiger partial charge in [0, 0.05) is 24.5 Å². The topological polar surface area (TPSA) is 67.3 Å². The van der Waals surface area contributed by atoms with Gasteiger partial charge in [-0.1, -0.05) is 11.6 Å². The molecule has 8 heteroatoms. The van der Waals surface area contributed by atoms with Crippen LogP contribution in [0.5, 0.6) is 0 Å². The van der Waals surface area contributed by atoms with E-state index in [1.54, 1.807) is 11.3 Å². The SMILES string of the molecule is CC(C)(C)OC(=O)N1CC2CC(Nc3nnc(Cl)c4sccc34)C[C@@H]2C1. The van der Waals surface area contributed by atoms with Gasteiger partial charge in [0.15, 0.2) is 11.0 Å². The maximum atomic E-state index is 12.3. The zero-order valence-corrected chi connectivity index (χ0v) is 16.7. The van der Waals surface area contributed by atoms with Gasteiger partial charge in [-0.15, -0.1) is 21.5 Å². The molecule has 140 valence electrons. The number of nitrogens with zero attached hydrogens (tertiary/aromatic N) is 3. The average Bonchev–Trinajstić information content (AvgIpc) is 3.22. The molecule has 2 unspecified atom stereocenters. The molecular weight excluding hydrogens is 372 g/mol. The van der Waals surface area contributed by atoms with E-state index in [1.807, 2.05) is 37.1 Å². The molecule has 1 saturated heterocycles. The van der Waals surface area contributed by atoms with Gasteiger partial charge >= 0.3 is 6.09 Å². The molecule has 1 saturated carbocycles. The van der Waals surface area contributed by atoms with E-state index in [9.17, 15) is 4.79 Å². The standard InChI is InChI=1S/C18H23ClN4O2S/c1-18(2,3)25-17(24)23-8-10-6-12(7-11(10)9-23)20-16-13-4-5-26-14(13)15(19)21-22-16/h4-5,10-12H,6-9H2,1-3H3,(H,20,22)/t10-,11?,12?/m1/s1. The van der Waals surface area contributed by atoms with Gasteiger partial charge < -0.3 is 15.0 Å². The number of halogens is 1. The van der Waals surface area contributed by atoms with Crippen LogP contribution >= 0.6 is 22.9 Å². The predicted molar refractivity (Wildman–Crippen MR) is 104 cm³/mol. The summed E-state index contributed by atoms with van der Waals surface area (Å²) >= 11 is 7.69. The quantitative estimate of drug-likeness (QED) is 0.817. The molecule has 1 amide bonds.